The molecule has 1 atom stereocenters. The van der Waals surface area contributed by atoms with Crippen molar-refractivity contribution in [3.05, 3.63) is 34.3 Å². The monoisotopic (exact) mass is 313 g/mol. The highest BCUT2D eigenvalue weighted by molar-refractivity contribution is 9.10. The van der Waals surface area contributed by atoms with Crippen LogP contribution in [0.3, 0.4) is 0 Å². The van der Waals surface area contributed by atoms with Gasteiger partial charge in [0.05, 0.1) is 12.0 Å². The minimum Gasteiger partial charge on any atom is -0.481 e. The summed E-state index contributed by atoms with van der Waals surface area (Å²) >= 11 is 3.40. The van der Waals surface area contributed by atoms with Gasteiger partial charge in [0.15, 0.2) is 0 Å². The lowest BCUT2D eigenvalue weighted by atomic mass is 9.86. The molecule has 1 unspecified atom stereocenters. The molecular weight excluding hydrogens is 294 g/mol. The van der Waals surface area contributed by atoms with Crippen LogP contribution in [-0.4, -0.2) is 29.1 Å². The van der Waals surface area contributed by atoms with Crippen LogP contribution in [0.1, 0.15) is 32.8 Å². The van der Waals surface area contributed by atoms with Crippen molar-refractivity contribution in [2.45, 2.75) is 32.7 Å². The fraction of sp³-hybridized carbons (Fsp3) is 0.500. The molecule has 0 aliphatic carbocycles. The Labute approximate surface area is 117 Å². The summed E-state index contributed by atoms with van der Waals surface area (Å²) in [5.74, 6) is -0.771. The van der Waals surface area contributed by atoms with Crippen molar-refractivity contribution < 1.29 is 9.90 Å². The van der Waals surface area contributed by atoms with Gasteiger partial charge in [0, 0.05) is 4.47 Å². The number of hydrogen-bond donors (Lipinski definition) is 1. The molecule has 18 heavy (non-hydrogen) atoms. The molecule has 0 saturated heterocycles. The molecule has 0 amide bonds. The van der Waals surface area contributed by atoms with Crippen molar-refractivity contribution in [1.82, 2.24) is 4.90 Å². The number of benzene rings is 1. The van der Waals surface area contributed by atoms with E-state index in [9.17, 15) is 4.79 Å². The van der Waals surface area contributed by atoms with Gasteiger partial charge in [-0.05, 0) is 37.7 Å². The first-order valence-corrected chi connectivity index (χ1v) is 6.96. The van der Waals surface area contributed by atoms with E-state index in [0.717, 1.165) is 23.1 Å². The maximum Gasteiger partial charge on any atom is 0.305 e. The maximum atomic E-state index is 11.2. The number of carboxylic acid groups (broad SMARTS) is 1. The van der Waals surface area contributed by atoms with Gasteiger partial charge in [-0.2, -0.15) is 0 Å². The van der Waals surface area contributed by atoms with Crippen LogP contribution >= 0.6 is 15.9 Å². The highest BCUT2D eigenvalue weighted by Crippen LogP contribution is 2.32. The largest absolute Gasteiger partial charge is 0.481 e. The van der Waals surface area contributed by atoms with Gasteiger partial charge in [0.1, 0.15) is 0 Å². The highest BCUT2D eigenvalue weighted by Gasteiger charge is 2.34. The van der Waals surface area contributed by atoms with Crippen LogP contribution in [0.4, 0.5) is 0 Å². The summed E-state index contributed by atoms with van der Waals surface area (Å²) in [7, 11) is 0. The molecule has 0 saturated carbocycles. The fourth-order valence-electron chi connectivity index (χ4n) is 2.42. The molecule has 0 aliphatic rings. The molecule has 0 bridgehead atoms. The van der Waals surface area contributed by atoms with E-state index in [4.69, 9.17) is 5.11 Å². The summed E-state index contributed by atoms with van der Waals surface area (Å²) in [5, 5.41) is 9.17. The molecule has 0 fully saturated rings. The molecule has 0 heterocycles. The molecule has 0 aromatic heterocycles. The van der Waals surface area contributed by atoms with Gasteiger partial charge in [-0.1, -0.05) is 41.9 Å². The molecule has 100 valence electrons. The summed E-state index contributed by atoms with van der Waals surface area (Å²) in [6, 6.07) is 7.90. The molecule has 1 aromatic rings. The first-order valence-electron chi connectivity index (χ1n) is 6.17. The van der Waals surface area contributed by atoms with E-state index >= 15 is 0 Å². The lowest BCUT2D eigenvalue weighted by Gasteiger charge is -2.40. The number of aliphatic carboxylic acids is 1. The van der Waals surface area contributed by atoms with E-state index in [1.165, 1.54) is 0 Å². The van der Waals surface area contributed by atoms with Gasteiger partial charge in [-0.3, -0.25) is 9.69 Å². The first kappa shape index (κ1) is 15.2. The smallest absolute Gasteiger partial charge is 0.305 e. The second-order valence-corrected chi connectivity index (χ2v) is 5.44. The number of carboxylic acids is 1. The maximum absolute atomic E-state index is 11.2. The number of carbonyl (C=O) groups is 1. The van der Waals surface area contributed by atoms with Crippen molar-refractivity contribution in [3.8, 4) is 0 Å². The Kier molecular flexibility index (Phi) is 5.35. The van der Waals surface area contributed by atoms with Crippen LogP contribution in [0.2, 0.25) is 0 Å². The quantitative estimate of drug-likeness (QED) is 0.874. The Morgan fingerprint density at radius 2 is 1.78 bits per heavy atom. The zero-order valence-electron chi connectivity index (χ0n) is 11.1. The van der Waals surface area contributed by atoms with Crippen molar-refractivity contribution >= 4 is 21.9 Å². The third-order valence-corrected chi connectivity index (χ3v) is 3.95. The van der Waals surface area contributed by atoms with Crippen molar-refractivity contribution in [2.24, 2.45) is 0 Å². The highest BCUT2D eigenvalue weighted by atomic mass is 79.9. The van der Waals surface area contributed by atoms with Gasteiger partial charge in [-0.25, -0.2) is 0 Å². The molecule has 0 radical (unpaired) electrons. The van der Waals surface area contributed by atoms with E-state index in [2.05, 4.69) is 34.7 Å². The topological polar surface area (TPSA) is 40.5 Å². The van der Waals surface area contributed by atoms with E-state index in [0.29, 0.717) is 0 Å². The summed E-state index contributed by atoms with van der Waals surface area (Å²) in [6.07, 6.45) is 0.107. The Hall–Kier alpha value is -0.870. The van der Waals surface area contributed by atoms with Crippen LogP contribution in [0.5, 0.6) is 0 Å². The van der Waals surface area contributed by atoms with Crippen LogP contribution in [0.15, 0.2) is 28.7 Å². The Balaban J connectivity index is 3.18. The summed E-state index contributed by atoms with van der Waals surface area (Å²) in [6.45, 7) is 7.77. The number of nitrogens with zero attached hydrogens (tertiary/aromatic N) is 1. The zero-order chi connectivity index (χ0) is 13.8. The van der Waals surface area contributed by atoms with Crippen molar-refractivity contribution in [2.75, 3.05) is 13.1 Å². The van der Waals surface area contributed by atoms with E-state index in [-0.39, 0.29) is 6.42 Å². The van der Waals surface area contributed by atoms with Crippen LogP contribution < -0.4 is 0 Å². The van der Waals surface area contributed by atoms with Gasteiger partial charge >= 0.3 is 5.97 Å². The fourth-order valence-corrected chi connectivity index (χ4v) is 2.69. The molecule has 1 N–H and O–H groups in total. The minimum atomic E-state index is -0.771. The van der Waals surface area contributed by atoms with Crippen molar-refractivity contribution in [1.29, 1.82) is 0 Å². The standard InChI is InChI=1S/C14H20BrNO2/c1-4-16(5-2)14(3,10-13(17)18)11-6-8-12(15)9-7-11/h6-9H,4-5,10H2,1-3H3,(H,17,18). The summed E-state index contributed by atoms with van der Waals surface area (Å²) in [5.41, 5.74) is 0.576. The SMILES string of the molecule is CCN(CC)C(C)(CC(=O)O)c1ccc(Br)cc1. The second kappa shape index (κ2) is 6.34. The predicted octanol–water partition coefficient (Wildman–Crippen LogP) is 3.48. The molecule has 0 spiro atoms. The summed E-state index contributed by atoms with van der Waals surface area (Å²) in [4.78, 5) is 13.3. The molecule has 1 aromatic carbocycles. The summed E-state index contributed by atoms with van der Waals surface area (Å²) < 4.78 is 1.00. The Morgan fingerprint density at radius 1 is 1.28 bits per heavy atom. The lowest BCUT2D eigenvalue weighted by molar-refractivity contribution is -0.140. The number of rotatable bonds is 6. The normalized spacial score (nSPS) is 14.5. The average molecular weight is 314 g/mol. The van der Waals surface area contributed by atoms with Crippen LogP contribution in [-0.2, 0) is 10.3 Å². The molecule has 1 rings (SSSR count). The number of hydrogen-bond acceptors (Lipinski definition) is 2. The third kappa shape index (κ3) is 3.33. The predicted molar refractivity (Wildman–Crippen MR) is 76.7 cm³/mol. The van der Waals surface area contributed by atoms with Gasteiger partial charge in [0.2, 0.25) is 0 Å². The van der Waals surface area contributed by atoms with E-state index in [1.54, 1.807) is 0 Å². The molecule has 0 aliphatic heterocycles. The second-order valence-electron chi connectivity index (χ2n) is 4.52. The molecule has 3 nitrogen and oxygen atoms in total. The van der Waals surface area contributed by atoms with Crippen molar-refractivity contribution in [3.63, 3.8) is 0 Å². The Bertz CT molecular complexity index is 401. The Morgan fingerprint density at radius 3 is 2.17 bits per heavy atom. The first-order chi connectivity index (χ1) is 8.43. The molecule has 4 heteroatoms. The van der Waals surface area contributed by atoms with Crippen LogP contribution in [0, 0.1) is 0 Å². The van der Waals surface area contributed by atoms with Gasteiger partial charge in [-0.15, -0.1) is 0 Å². The minimum absolute atomic E-state index is 0.107. The molecular formula is C14H20BrNO2. The zero-order valence-corrected chi connectivity index (χ0v) is 12.7. The number of halogens is 1. The third-order valence-electron chi connectivity index (χ3n) is 3.42. The van der Waals surface area contributed by atoms with E-state index in [1.807, 2.05) is 31.2 Å². The lowest BCUT2D eigenvalue weighted by Crippen LogP contribution is -2.45. The van der Waals surface area contributed by atoms with Crippen LogP contribution in [0.25, 0.3) is 0 Å². The van der Waals surface area contributed by atoms with Gasteiger partial charge in [0.25, 0.3) is 0 Å². The van der Waals surface area contributed by atoms with Gasteiger partial charge < -0.3 is 5.11 Å². The average Bonchev–Trinajstić information content (AvgIpc) is 2.30. The van der Waals surface area contributed by atoms with E-state index < -0.39 is 11.5 Å².